The summed E-state index contributed by atoms with van der Waals surface area (Å²) in [5, 5.41) is 13.1. The standard InChI is InChI=1S/C58H53N3/c1-4-16-41(17-5-1)39-59-40-42-36-54(53-35-32-43-18-10-11-25-50(43)55(53)37-42)47-22-14-21-46(38-47)51-26-12-13-28-56(51)60-49-33-30-44(31-34-49)52-27-15-29-57(61-48-23-8-3-9-24-48)58(52)45-19-6-2-7-20-45/h1-8,10-20,22-23,25-30,32,35-39,46,49,51,56,60-61H,9,21,24,31,33-34,40H2/b59-39+. The molecule has 0 spiro atoms. The van der Waals surface area contributed by atoms with Gasteiger partial charge >= 0.3 is 0 Å². The molecule has 0 heterocycles. The average Bonchev–Trinajstić information content (AvgIpc) is 3.32. The summed E-state index contributed by atoms with van der Waals surface area (Å²) in [7, 11) is 0. The number of rotatable bonds is 11. The Hall–Kier alpha value is -6.55. The second kappa shape index (κ2) is 18.0. The molecule has 3 heteroatoms. The lowest BCUT2D eigenvalue weighted by Gasteiger charge is -2.35. The Morgan fingerprint density at radius 2 is 1.54 bits per heavy atom. The third-order valence-corrected chi connectivity index (χ3v) is 12.9. The van der Waals surface area contributed by atoms with Crippen LogP contribution in [0.15, 0.2) is 205 Å². The molecule has 4 aliphatic carbocycles. The normalized spacial score (nSPS) is 21.1. The molecule has 0 bridgehead atoms. The van der Waals surface area contributed by atoms with E-state index in [-0.39, 0.29) is 6.04 Å². The molecule has 4 atom stereocenters. The van der Waals surface area contributed by atoms with Crippen LogP contribution in [0, 0.1) is 11.8 Å². The van der Waals surface area contributed by atoms with Gasteiger partial charge in [0.05, 0.1) is 6.54 Å². The van der Waals surface area contributed by atoms with Crippen molar-refractivity contribution >= 4 is 44.6 Å². The summed E-state index contributed by atoms with van der Waals surface area (Å²) < 4.78 is 0. The maximum atomic E-state index is 4.91. The Morgan fingerprint density at radius 1 is 0.689 bits per heavy atom. The van der Waals surface area contributed by atoms with Crippen LogP contribution in [0.1, 0.15) is 60.8 Å². The first-order valence-electron chi connectivity index (χ1n) is 22.2. The van der Waals surface area contributed by atoms with Crippen LogP contribution in [-0.2, 0) is 6.54 Å². The molecule has 0 aromatic heterocycles. The molecule has 6 aromatic rings. The van der Waals surface area contributed by atoms with Crippen LogP contribution in [-0.4, -0.2) is 18.3 Å². The Morgan fingerprint density at radius 3 is 2.39 bits per heavy atom. The van der Waals surface area contributed by atoms with Crippen LogP contribution in [0.4, 0.5) is 5.69 Å². The third-order valence-electron chi connectivity index (χ3n) is 12.9. The number of anilines is 1. The molecule has 61 heavy (non-hydrogen) atoms. The van der Waals surface area contributed by atoms with Gasteiger partial charge < -0.3 is 10.6 Å². The molecule has 4 aliphatic rings. The number of aliphatic imine (C=N–C) groups is 1. The summed E-state index contributed by atoms with van der Waals surface area (Å²) in [6, 6.07) is 46.9. The molecule has 3 nitrogen and oxygen atoms in total. The summed E-state index contributed by atoms with van der Waals surface area (Å²) in [5.41, 5.74) is 12.8. The van der Waals surface area contributed by atoms with E-state index in [1.807, 2.05) is 12.3 Å². The van der Waals surface area contributed by atoms with Gasteiger partial charge in [0.1, 0.15) is 0 Å². The van der Waals surface area contributed by atoms with Crippen LogP contribution in [0.2, 0.25) is 0 Å². The van der Waals surface area contributed by atoms with Crippen molar-refractivity contribution in [1.82, 2.24) is 5.32 Å². The average molecular weight is 792 g/mol. The van der Waals surface area contributed by atoms with Crippen molar-refractivity contribution in [2.45, 2.75) is 57.2 Å². The molecule has 10 rings (SSSR count). The highest BCUT2D eigenvalue weighted by Gasteiger charge is 2.30. The Kier molecular flexibility index (Phi) is 11.4. The van der Waals surface area contributed by atoms with Crippen molar-refractivity contribution in [3.8, 4) is 11.1 Å². The molecular weight excluding hydrogens is 739 g/mol. The van der Waals surface area contributed by atoms with Gasteiger partial charge in [-0.25, -0.2) is 0 Å². The number of fused-ring (bicyclic) bond motifs is 3. The Labute approximate surface area is 361 Å². The molecule has 300 valence electrons. The summed E-state index contributed by atoms with van der Waals surface area (Å²) in [6.45, 7) is 0.632. The second-order valence-corrected chi connectivity index (χ2v) is 16.9. The minimum Gasteiger partial charge on any atom is -0.358 e. The van der Waals surface area contributed by atoms with Crippen LogP contribution < -0.4 is 10.6 Å². The monoisotopic (exact) mass is 791 g/mol. The first kappa shape index (κ1) is 38.6. The zero-order valence-electron chi connectivity index (χ0n) is 34.8. The lowest BCUT2D eigenvalue weighted by Crippen LogP contribution is -2.44. The van der Waals surface area contributed by atoms with Crippen LogP contribution in [0.25, 0.3) is 43.8 Å². The number of hydrogen-bond donors (Lipinski definition) is 2. The lowest BCUT2D eigenvalue weighted by atomic mass is 9.77. The van der Waals surface area contributed by atoms with Crippen molar-refractivity contribution in [2.75, 3.05) is 5.32 Å². The zero-order chi connectivity index (χ0) is 40.8. The highest BCUT2D eigenvalue weighted by Crippen LogP contribution is 2.41. The van der Waals surface area contributed by atoms with Crippen molar-refractivity contribution in [3.63, 3.8) is 0 Å². The van der Waals surface area contributed by atoms with E-state index in [2.05, 4.69) is 199 Å². The van der Waals surface area contributed by atoms with Gasteiger partial charge in [0.25, 0.3) is 0 Å². The van der Waals surface area contributed by atoms with E-state index in [0.29, 0.717) is 24.4 Å². The van der Waals surface area contributed by atoms with Crippen LogP contribution in [0.3, 0.4) is 0 Å². The number of allylic oxidation sites excluding steroid dienone is 11. The molecule has 0 saturated carbocycles. The second-order valence-electron chi connectivity index (χ2n) is 16.9. The van der Waals surface area contributed by atoms with Gasteiger partial charge in [0, 0.05) is 41.2 Å². The van der Waals surface area contributed by atoms with Crippen molar-refractivity contribution < 1.29 is 0 Å². The van der Waals surface area contributed by atoms with E-state index in [4.69, 9.17) is 4.99 Å². The number of nitrogens with zero attached hydrogens (tertiary/aromatic N) is 1. The quantitative estimate of drug-likeness (QED) is 0.101. The summed E-state index contributed by atoms with van der Waals surface area (Å²) in [4.78, 5) is 4.91. The van der Waals surface area contributed by atoms with Gasteiger partial charge in [-0.15, -0.1) is 0 Å². The molecule has 6 aromatic carbocycles. The highest BCUT2D eigenvalue weighted by molar-refractivity contribution is 6.11. The molecule has 4 unspecified atom stereocenters. The number of hydrogen-bond acceptors (Lipinski definition) is 3. The zero-order valence-corrected chi connectivity index (χ0v) is 34.8. The molecule has 2 N–H and O–H groups in total. The number of benzene rings is 6. The van der Waals surface area contributed by atoms with E-state index in [0.717, 1.165) is 44.1 Å². The predicted octanol–water partition coefficient (Wildman–Crippen LogP) is 14.2. The highest BCUT2D eigenvalue weighted by atomic mass is 15.0. The van der Waals surface area contributed by atoms with Crippen molar-refractivity contribution in [2.24, 2.45) is 16.8 Å². The molecule has 0 aliphatic heterocycles. The molecule has 0 fully saturated rings. The SMILES string of the molecule is C1=CCCC(Nc2cccc(C3=CCC(NC4C=CC=CC4C4C=C(c5cc(C/N=C/c6ccccc6)cc6c5ccc5ccccc56)C=CC4)CC3)c2-c2ccccc2)=C1. The maximum Gasteiger partial charge on any atom is 0.0640 e. The van der Waals surface area contributed by atoms with Crippen LogP contribution >= 0.6 is 0 Å². The van der Waals surface area contributed by atoms with E-state index in [9.17, 15) is 0 Å². The topological polar surface area (TPSA) is 36.4 Å². The van der Waals surface area contributed by atoms with E-state index in [1.54, 1.807) is 0 Å². The number of nitrogens with one attached hydrogen (secondary N) is 2. The molecular formula is C58H53N3. The fourth-order valence-corrected chi connectivity index (χ4v) is 9.88. The predicted molar refractivity (Wildman–Crippen MR) is 261 cm³/mol. The van der Waals surface area contributed by atoms with Crippen molar-refractivity contribution in [3.05, 3.63) is 222 Å². The lowest BCUT2D eigenvalue weighted by molar-refractivity contribution is 0.337. The van der Waals surface area contributed by atoms with Gasteiger partial charge in [-0.2, -0.15) is 0 Å². The molecule has 0 radical (unpaired) electrons. The Balaban J connectivity index is 0.902. The van der Waals surface area contributed by atoms with Gasteiger partial charge in [0.2, 0.25) is 0 Å². The van der Waals surface area contributed by atoms with Gasteiger partial charge in [-0.05, 0) is 129 Å². The van der Waals surface area contributed by atoms with E-state index >= 15 is 0 Å². The smallest absolute Gasteiger partial charge is 0.0640 e. The fourth-order valence-electron chi connectivity index (χ4n) is 9.88. The van der Waals surface area contributed by atoms with Crippen LogP contribution in [0.5, 0.6) is 0 Å². The molecule has 0 amide bonds. The molecule has 0 saturated heterocycles. The Bertz CT molecular complexity index is 2800. The largest absolute Gasteiger partial charge is 0.358 e. The minimum absolute atomic E-state index is 0.267. The first-order chi connectivity index (χ1) is 30.2. The van der Waals surface area contributed by atoms with E-state index < -0.39 is 0 Å². The summed E-state index contributed by atoms with van der Waals surface area (Å²) in [6.07, 6.45) is 34.1. The minimum atomic E-state index is 0.267. The maximum absolute atomic E-state index is 4.91. The summed E-state index contributed by atoms with van der Waals surface area (Å²) in [5.74, 6) is 0.736. The summed E-state index contributed by atoms with van der Waals surface area (Å²) >= 11 is 0. The van der Waals surface area contributed by atoms with Gasteiger partial charge in [0.15, 0.2) is 0 Å². The first-order valence-corrected chi connectivity index (χ1v) is 22.2. The third kappa shape index (κ3) is 8.58. The van der Waals surface area contributed by atoms with Gasteiger partial charge in [-0.3, -0.25) is 4.99 Å². The van der Waals surface area contributed by atoms with Crippen molar-refractivity contribution in [1.29, 1.82) is 0 Å². The fraction of sp³-hybridized carbons (Fsp3) is 0.190. The van der Waals surface area contributed by atoms with E-state index in [1.165, 1.54) is 71.9 Å². The van der Waals surface area contributed by atoms with Gasteiger partial charge in [-0.1, -0.05) is 170 Å².